The number of nitrogen functional groups attached to an aromatic ring is 1. The van der Waals surface area contributed by atoms with Crippen LogP contribution in [0.15, 0.2) is 84.0 Å². The van der Waals surface area contributed by atoms with Gasteiger partial charge < -0.3 is 15.6 Å². The van der Waals surface area contributed by atoms with Crippen molar-refractivity contribution in [2.45, 2.75) is 5.92 Å². The maximum atomic E-state index is 12.5. The molecule has 3 N–H and O–H groups in total. The molecule has 1 unspecified atom stereocenters. The molecule has 0 radical (unpaired) electrons. The van der Waals surface area contributed by atoms with Crippen molar-refractivity contribution >= 4 is 17.3 Å². The van der Waals surface area contributed by atoms with Crippen LogP contribution in [0.1, 0.15) is 33.2 Å². The molecule has 1 atom stereocenters. The largest absolute Gasteiger partial charge is 0.397 e. The lowest BCUT2D eigenvalue weighted by Gasteiger charge is -2.15. The number of aromatic nitrogens is 3. The summed E-state index contributed by atoms with van der Waals surface area (Å²) in [5.41, 5.74) is 9.42. The van der Waals surface area contributed by atoms with Crippen molar-refractivity contribution in [1.29, 1.82) is 0 Å². The third-order valence-corrected chi connectivity index (χ3v) is 4.39. The van der Waals surface area contributed by atoms with E-state index in [0.29, 0.717) is 22.8 Å². The number of nitrogens with two attached hydrogens (primary N) is 1. The number of benzene rings is 2. The molecule has 0 spiro atoms. The topological polar surface area (TPSA) is 107 Å². The molecule has 0 aliphatic rings. The van der Waals surface area contributed by atoms with Crippen LogP contribution in [-0.4, -0.2) is 21.0 Å². The van der Waals surface area contributed by atoms with Gasteiger partial charge in [-0.1, -0.05) is 29.4 Å². The van der Waals surface area contributed by atoms with Crippen LogP contribution in [0.25, 0.3) is 0 Å². The molecule has 7 nitrogen and oxygen atoms in total. The van der Waals surface area contributed by atoms with Gasteiger partial charge in [0.1, 0.15) is 0 Å². The van der Waals surface area contributed by atoms with Crippen molar-refractivity contribution in [2.75, 3.05) is 11.1 Å². The van der Waals surface area contributed by atoms with Gasteiger partial charge in [0, 0.05) is 18.0 Å². The average Bonchev–Trinajstić information content (AvgIpc) is 3.25. The Labute approximate surface area is 161 Å². The molecule has 0 aliphatic heterocycles. The maximum Gasteiger partial charge on any atom is 0.255 e. The second kappa shape index (κ2) is 7.71. The summed E-state index contributed by atoms with van der Waals surface area (Å²) in [5, 5.41) is 6.82. The first-order chi connectivity index (χ1) is 13.7. The first-order valence-electron chi connectivity index (χ1n) is 8.64. The highest BCUT2D eigenvalue weighted by Crippen LogP contribution is 2.29. The Hall–Kier alpha value is -4.00. The molecule has 0 bridgehead atoms. The van der Waals surface area contributed by atoms with E-state index in [0.717, 1.165) is 11.1 Å². The van der Waals surface area contributed by atoms with Crippen molar-refractivity contribution in [3.05, 3.63) is 102 Å². The number of hydrogen-bond acceptors (Lipinski definition) is 6. The minimum Gasteiger partial charge on any atom is -0.397 e. The monoisotopic (exact) mass is 371 g/mol. The van der Waals surface area contributed by atoms with Gasteiger partial charge in [0.25, 0.3) is 5.91 Å². The number of carbonyl (C=O) groups is 1. The third kappa shape index (κ3) is 3.59. The zero-order valence-electron chi connectivity index (χ0n) is 14.8. The Bertz CT molecular complexity index is 1060. The van der Waals surface area contributed by atoms with Crippen LogP contribution < -0.4 is 11.1 Å². The van der Waals surface area contributed by atoms with E-state index >= 15 is 0 Å². The first kappa shape index (κ1) is 17.4. The molecule has 4 aromatic rings. The van der Waals surface area contributed by atoms with E-state index in [2.05, 4.69) is 20.4 Å². The molecule has 0 saturated heterocycles. The van der Waals surface area contributed by atoms with E-state index < -0.39 is 0 Å². The molecule has 138 valence electrons. The van der Waals surface area contributed by atoms with Crippen LogP contribution >= 0.6 is 0 Å². The number of hydrogen-bond donors (Lipinski definition) is 2. The zero-order chi connectivity index (χ0) is 19.3. The smallest absolute Gasteiger partial charge is 0.255 e. The second-order valence-electron chi connectivity index (χ2n) is 6.17. The van der Waals surface area contributed by atoms with Crippen molar-refractivity contribution in [3.63, 3.8) is 0 Å². The Morgan fingerprint density at radius 3 is 2.36 bits per heavy atom. The molecule has 2 heterocycles. The molecular weight excluding hydrogens is 354 g/mol. The fourth-order valence-electron chi connectivity index (χ4n) is 2.98. The number of rotatable bonds is 5. The third-order valence-electron chi connectivity index (χ3n) is 4.39. The van der Waals surface area contributed by atoms with Crippen LogP contribution in [0, 0.1) is 0 Å². The number of pyridine rings is 1. The standard InChI is InChI=1S/C21H17N5O2/c22-17-3-1-2-4-18(17)25-21(27)16-7-5-14(6-8-16)19(20-24-13-28-26-20)15-9-11-23-12-10-15/h1-13,19H,22H2,(H,25,27). The highest BCUT2D eigenvalue weighted by Gasteiger charge is 2.21. The summed E-state index contributed by atoms with van der Waals surface area (Å²) in [6.45, 7) is 0. The lowest BCUT2D eigenvalue weighted by molar-refractivity contribution is 0.102. The summed E-state index contributed by atoms with van der Waals surface area (Å²) in [6.07, 6.45) is 4.73. The van der Waals surface area contributed by atoms with E-state index in [9.17, 15) is 4.79 Å². The van der Waals surface area contributed by atoms with E-state index in [1.54, 1.807) is 36.7 Å². The molecule has 2 aromatic heterocycles. The molecule has 0 fully saturated rings. The molecule has 0 aliphatic carbocycles. The number of carbonyl (C=O) groups excluding carboxylic acids is 1. The van der Waals surface area contributed by atoms with Gasteiger partial charge in [0.05, 0.1) is 17.3 Å². The highest BCUT2D eigenvalue weighted by atomic mass is 16.5. The van der Waals surface area contributed by atoms with Crippen LogP contribution in [0.5, 0.6) is 0 Å². The van der Waals surface area contributed by atoms with Gasteiger partial charge in [0.2, 0.25) is 6.39 Å². The molecule has 2 aromatic carbocycles. The summed E-state index contributed by atoms with van der Waals surface area (Å²) in [5.74, 6) is 0.0913. The normalized spacial score (nSPS) is 11.7. The minimum absolute atomic E-state index is 0.219. The fourth-order valence-corrected chi connectivity index (χ4v) is 2.98. The minimum atomic E-state index is -0.232. The van der Waals surface area contributed by atoms with E-state index in [-0.39, 0.29) is 11.8 Å². The lowest BCUT2D eigenvalue weighted by atomic mass is 9.90. The molecule has 4 rings (SSSR count). The number of amides is 1. The van der Waals surface area contributed by atoms with E-state index in [1.807, 2.05) is 36.4 Å². The lowest BCUT2D eigenvalue weighted by Crippen LogP contribution is -2.13. The first-order valence-corrected chi connectivity index (χ1v) is 8.64. The number of nitrogens with one attached hydrogen (secondary N) is 1. The van der Waals surface area contributed by atoms with Crippen LogP contribution in [0.3, 0.4) is 0 Å². The summed E-state index contributed by atoms with van der Waals surface area (Å²) in [7, 11) is 0. The zero-order valence-corrected chi connectivity index (χ0v) is 14.8. The second-order valence-corrected chi connectivity index (χ2v) is 6.17. The van der Waals surface area contributed by atoms with Crippen LogP contribution in [0.4, 0.5) is 11.4 Å². The molecule has 0 saturated carbocycles. The number of nitrogens with zero attached hydrogens (tertiary/aromatic N) is 3. The van der Waals surface area contributed by atoms with Gasteiger partial charge >= 0.3 is 0 Å². The molecule has 1 amide bonds. The van der Waals surface area contributed by atoms with Gasteiger partial charge in [0.15, 0.2) is 5.82 Å². The molecule has 28 heavy (non-hydrogen) atoms. The SMILES string of the molecule is Nc1ccccc1NC(=O)c1ccc(C(c2ccncc2)c2ncon2)cc1. The van der Waals surface area contributed by atoms with Crippen molar-refractivity contribution < 1.29 is 9.32 Å². The van der Waals surface area contributed by atoms with Gasteiger partial charge in [-0.25, -0.2) is 0 Å². The summed E-state index contributed by atoms with van der Waals surface area (Å²) >= 11 is 0. The van der Waals surface area contributed by atoms with Crippen LogP contribution in [0.2, 0.25) is 0 Å². The van der Waals surface area contributed by atoms with Crippen LogP contribution in [-0.2, 0) is 0 Å². The average molecular weight is 371 g/mol. The number of para-hydroxylation sites is 2. The highest BCUT2D eigenvalue weighted by molar-refractivity contribution is 6.05. The predicted molar refractivity (Wildman–Crippen MR) is 105 cm³/mol. The van der Waals surface area contributed by atoms with Crippen molar-refractivity contribution in [1.82, 2.24) is 15.1 Å². The molecular formula is C21H17N5O2. The maximum absolute atomic E-state index is 12.5. The van der Waals surface area contributed by atoms with Gasteiger partial charge in [-0.2, -0.15) is 4.98 Å². The predicted octanol–water partition coefficient (Wildman–Crippen LogP) is 3.48. The summed E-state index contributed by atoms with van der Waals surface area (Å²) in [6, 6.07) is 18.2. The fraction of sp³-hybridized carbons (Fsp3) is 0.0476. The van der Waals surface area contributed by atoms with Crippen molar-refractivity contribution in [3.8, 4) is 0 Å². The Morgan fingerprint density at radius 2 is 1.68 bits per heavy atom. The van der Waals surface area contributed by atoms with Gasteiger partial charge in [-0.3, -0.25) is 9.78 Å². The summed E-state index contributed by atoms with van der Waals surface area (Å²) in [4.78, 5) is 20.8. The quantitative estimate of drug-likeness (QED) is 0.520. The number of anilines is 2. The van der Waals surface area contributed by atoms with Gasteiger partial charge in [-0.15, -0.1) is 0 Å². The Balaban J connectivity index is 1.61. The Morgan fingerprint density at radius 1 is 0.964 bits per heavy atom. The Kier molecular flexibility index (Phi) is 4.79. The van der Waals surface area contributed by atoms with Crippen molar-refractivity contribution in [2.24, 2.45) is 0 Å². The summed E-state index contributed by atoms with van der Waals surface area (Å²) < 4.78 is 4.93. The van der Waals surface area contributed by atoms with E-state index in [1.165, 1.54) is 6.39 Å². The van der Waals surface area contributed by atoms with Gasteiger partial charge in [-0.05, 0) is 47.5 Å². The molecule has 7 heteroatoms. The van der Waals surface area contributed by atoms with E-state index in [4.69, 9.17) is 10.3 Å².